The molecule has 1 aliphatic rings. The Kier molecular flexibility index (Phi) is 1.82. The van der Waals surface area contributed by atoms with Crippen molar-refractivity contribution in [2.24, 2.45) is 0 Å². The SMILES string of the molecule is C[C@@H](C(=O)O)N1C[C@H]1C(=O)O. The normalized spacial score (nSPS) is 31.0. The first-order valence-electron chi connectivity index (χ1n) is 3.25. The lowest BCUT2D eigenvalue weighted by atomic mass is 10.3. The van der Waals surface area contributed by atoms with Crippen LogP contribution in [-0.2, 0) is 9.59 Å². The zero-order valence-electron chi connectivity index (χ0n) is 6.02. The molecule has 62 valence electrons. The summed E-state index contributed by atoms with van der Waals surface area (Å²) in [6.07, 6.45) is 0. The Hall–Kier alpha value is -1.10. The summed E-state index contributed by atoms with van der Waals surface area (Å²) in [6.45, 7) is 1.83. The van der Waals surface area contributed by atoms with Crippen LogP contribution in [0, 0.1) is 0 Å². The molecule has 0 spiro atoms. The zero-order chi connectivity index (χ0) is 8.59. The second kappa shape index (κ2) is 2.50. The van der Waals surface area contributed by atoms with Crippen LogP contribution in [0.5, 0.6) is 0 Å². The summed E-state index contributed by atoms with van der Waals surface area (Å²) < 4.78 is 0. The van der Waals surface area contributed by atoms with E-state index >= 15 is 0 Å². The van der Waals surface area contributed by atoms with Gasteiger partial charge < -0.3 is 10.2 Å². The fourth-order valence-corrected chi connectivity index (χ4v) is 0.942. The molecule has 11 heavy (non-hydrogen) atoms. The molecule has 1 aliphatic heterocycles. The number of aliphatic carboxylic acids is 2. The fraction of sp³-hybridized carbons (Fsp3) is 0.667. The van der Waals surface area contributed by atoms with Crippen molar-refractivity contribution in [3.8, 4) is 0 Å². The van der Waals surface area contributed by atoms with Gasteiger partial charge in [0.1, 0.15) is 12.1 Å². The molecular weight excluding hydrogens is 150 g/mol. The molecule has 0 aromatic carbocycles. The van der Waals surface area contributed by atoms with E-state index in [4.69, 9.17) is 10.2 Å². The molecule has 1 heterocycles. The van der Waals surface area contributed by atoms with Crippen molar-refractivity contribution in [2.75, 3.05) is 6.54 Å². The number of hydrogen-bond acceptors (Lipinski definition) is 3. The standard InChI is InChI=1S/C6H9NO4/c1-3(5(8)9)7-2-4(7)6(10)11/h3-4H,2H2,1H3,(H,8,9)(H,10,11)/t3-,4-,7?/m0/s1. The Morgan fingerprint density at radius 2 is 2.09 bits per heavy atom. The Morgan fingerprint density at radius 3 is 2.36 bits per heavy atom. The molecule has 1 rings (SSSR count). The van der Waals surface area contributed by atoms with Gasteiger partial charge in [-0.1, -0.05) is 0 Å². The molecule has 0 aliphatic carbocycles. The largest absolute Gasteiger partial charge is 0.480 e. The summed E-state index contributed by atoms with van der Waals surface area (Å²) in [6, 6.07) is -1.27. The van der Waals surface area contributed by atoms with Crippen LogP contribution in [0.1, 0.15) is 6.92 Å². The van der Waals surface area contributed by atoms with Gasteiger partial charge in [0, 0.05) is 6.54 Å². The van der Waals surface area contributed by atoms with Gasteiger partial charge in [-0.05, 0) is 6.92 Å². The van der Waals surface area contributed by atoms with Gasteiger partial charge in [-0.3, -0.25) is 14.5 Å². The number of rotatable bonds is 3. The highest BCUT2D eigenvalue weighted by Gasteiger charge is 2.45. The maximum atomic E-state index is 10.3. The zero-order valence-corrected chi connectivity index (χ0v) is 6.02. The summed E-state index contributed by atoms with van der Waals surface area (Å²) in [7, 11) is 0. The van der Waals surface area contributed by atoms with E-state index in [1.165, 1.54) is 11.8 Å². The number of carboxylic acid groups (broad SMARTS) is 2. The maximum Gasteiger partial charge on any atom is 0.322 e. The summed E-state index contributed by atoms with van der Waals surface area (Å²) >= 11 is 0. The van der Waals surface area contributed by atoms with Crippen LogP contribution in [0.4, 0.5) is 0 Å². The van der Waals surface area contributed by atoms with E-state index in [0.29, 0.717) is 6.54 Å². The van der Waals surface area contributed by atoms with Crippen molar-refractivity contribution in [1.29, 1.82) is 0 Å². The fourth-order valence-electron chi connectivity index (χ4n) is 0.942. The third-order valence-electron chi connectivity index (χ3n) is 1.79. The Morgan fingerprint density at radius 1 is 1.55 bits per heavy atom. The maximum absolute atomic E-state index is 10.3. The topological polar surface area (TPSA) is 77.6 Å². The third-order valence-corrected chi connectivity index (χ3v) is 1.79. The number of nitrogens with zero attached hydrogens (tertiary/aromatic N) is 1. The molecular formula is C6H9NO4. The number of hydrogen-bond donors (Lipinski definition) is 2. The minimum Gasteiger partial charge on any atom is -0.480 e. The monoisotopic (exact) mass is 159 g/mol. The molecule has 2 N–H and O–H groups in total. The van der Waals surface area contributed by atoms with E-state index in [9.17, 15) is 9.59 Å². The minimum atomic E-state index is -0.978. The van der Waals surface area contributed by atoms with Gasteiger partial charge in [-0.25, -0.2) is 0 Å². The molecule has 1 saturated heterocycles. The first-order chi connectivity index (χ1) is 5.04. The Balaban J connectivity index is 2.43. The second-order valence-electron chi connectivity index (χ2n) is 2.57. The smallest absolute Gasteiger partial charge is 0.322 e. The lowest BCUT2D eigenvalue weighted by Crippen LogP contribution is -2.28. The van der Waals surface area contributed by atoms with Crippen molar-refractivity contribution in [1.82, 2.24) is 4.90 Å². The predicted octanol–water partition coefficient (Wildman–Crippen LogP) is -0.772. The molecule has 5 heteroatoms. The van der Waals surface area contributed by atoms with Gasteiger partial charge in [-0.15, -0.1) is 0 Å². The van der Waals surface area contributed by atoms with E-state index in [2.05, 4.69) is 0 Å². The highest BCUT2D eigenvalue weighted by Crippen LogP contribution is 2.20. The average Bonchev–Trinajstić information content (AvgIpc) is 2.63. The summed E-state index contributed by atoms with van der Waals surface area (Å²) in [5.74, 6) is -1.92. The van der Waals surface area contributed by atoms with Gasteiger partial charge in [-0.2, -0.15) is 0 Å². The van der Waals surface area contributed by atoms with Crippen LogP contribution in [0.2, 0.25) is 0 Å². The van der Waals surface area contributed by atoms with E-state index < -0.39 is 24.0 Å². The summed E-state index contributed by atoms with van der Waals surface area (Å²) in [5, 5.41) is 16.9. The molecule has 0 amide bonds. The van der Waals surface area contributed by atoms with Crippen molar-refractivity contribution in [2.45, 2.75) is 19.0 Å². The number of carbonyl (C=O) groups is 2. The van der Waals surface area contributed by atoms with Crippen LogP contribution in [-0.4, -0.2) is 45.7 Å². The Labute approximate surface area is 63.2 Å². The summed E-state index contributed by atoms with van der Waals surface area (Å²) in [5.41, 5.74) is 0. The van der Waals surface area contributed by atoms with E-state index in [1.807, 2.05) is 0 Å². The Bertz CT molecular complexity index is 203. The quantitative estimate of drug-likeness (QED) is 0.528. The van der Waals surface area contributed by atoms with Crippen molar-refractivity contribution in [3.63, 3.8) is 0 Å². The van der Waals surface area contributed by atoms with Crippen LogP contribution >= 0.6 is 0 Å². The van der Waals surface area contributed by atoms with Gasteiger partial charge in [0.2, 0.25) is 0 Å². The average molecular weight is 159 g/mol. The van der Waals surface area contributed by atoms with Gasteiger partial charge in [0.05, 0.1) is 0 Å². The van der Waals surface area contributed by atoms with Crippen LogP contribution < -0.4 is 0 Å². The molecule has 3 atom stereocenters. The first kappa shape index (κ1) is 8.00. The predicted molar refractivity (Wildman–Crippen MR) is 35.2 cm³/mol. The van der Waals surface area contributed by atoms with Gasteiger partial charge >= 0.3 is 11.9 Å². The van der Waals surface area contributed by atoms with Crippen molar-refractivity contribution in [3.05, 3.63) is 0 Å². The highest BCUT2D eigenvalue weighted by molar-refractivity contribution is 5.80. The van der Waals surface area contributed by atoms with Gasteiger partial charge in [0.25, 0.3) is 0 Å². The third kappa shape index (κ3) is 1.48. The van der Waals surface area contributed by atoms with Crippen molar-refractivity contribution < 1.29 is 19.8 Å². The lowest BCUT2D eigenvalue weighted by Gasteiger charge is -2.05. The second-order valence-corrected chi connectivity index (χ2v) is 2.57. The van der Waals surface area contributed by atoms with E-state index in [1.54, 1.807) is 0 Å². The molecule has 0 aromatic heterocycles. The van der Waals surface area contributed by atoms with Crippen LogP contribution in [0.15, 0.2) is 0 Å². The molecule has 0 radical (unpaired) electrons. The minimum absolute atomic E-state index is 0.350. The first-order valence-corrected chi connectivity index (χ1v) is 3.25. The van der Waals surface area contributed by atoms with E-state index in [-0.39, 0.29) is 0 Å². The number of carboxylic acids is 2. The summed E-state index contributed by atoms with van der Waals surface area (Å²) in [4.78, 5) is 22.0. The van der Waals surface area contributed by atoms with Crippen LogP contribution in [0.25, 0.3) is 0 Å². The van der Waals surface area contributed by atoms with E-state index in [0.717, 1.165) is 0 Å². The van der Waals surface area contributed by atoms with Crippen LogP contribution in [0.3, 0.4) is 0 Å². The highest BCUT2D eigenvalue weighted by atomic mass is 16.4. The molecule has 1 fully saturated rings. The molecule has 0 saturated carbocycles. The molecule has 5 nitrogen and oxygen atoms in total. The lowest BCUT2D eigenvalue weighted by molar-refractivity contribution is -0.141. The van der Waals surface area contributed by atoms with Gasteiger partial charge in [0.15, 0.2) is 0 Å². The molecule has 0 aromatic rings. The molecule has 0 bridgehead atoms. The van der Waals surface area contributed by atoms with Crippen molar-refractivity contribution >= 4 is 11.9 Å². The molecule has 1 unspecified atom stereocenters.